The summed E-state index contributed by atoms with van der Waals surface area (Å²) < 4.78 is 3.41. The van der Waals surface area contributed by atoms with Crippen LogP contribution in [0.3, 0.4) is 0 Å². The molecule has 0 bridgehead atoms. The van der Waals surface area contributed by atoms with Gasteiger partial charge in [-0.3, -0.25) is 14.2 Å². The van der Waals surface area contributed by atoms with E-state index in [1.807, 2.05) is 24.6 Å². The van der Waals surface area contributed by atoms with E-state index in [1.54, 1.807) is 7.05 Å². The molecule has 2 rings (SSSR count). The third kappa shape index (κ3) is 3.19. The van der Waals surface area contributed by atoms with Crippen molar-refractivity contribution in [3.63, 3.8) is 0 Å². The second-order valence-electron chi connectivity index (χ2n) is 4.73. The minimum absolute atomic E-state index is 0.198. The molecule has 0 aliphatic heterocycles. The summed E-state index contributed by atoms with van der Waals surface area (Å²) in [5.74, 6) is -0.198. The Kier molecular flexibility index (Phi) is 4.44. The molecule has 2 aromatic rings. The third-order valence-electron chi connectivity index (χ3n) is 3.05. The van der Waals surface area contributed by atoms with Gasteiger partial charge in [-0.15, -0.1) is 0 Å². The van der Waals surface area contributed by atoms with E-state index < -0.39 is 0 Å². The van der Waals surface area contributed by atoms with Crippen molar-refractivity contribution < 1.29 is 4.79 Å². The van der Waals surface area contributed by atoms with Crippen LogP contribution >= 0.6 is 11.6 Å². The second kappa shape index (κ2) is 6.09. The number of carbonyl (C=O) groups is 1. The van der Waals surface area contributed by atoms with Gasteiger partial charge in [-0.1, -0.05) is 11.6 Å². The van der Waals surface area contributed by atoms with Gasteiger partial charge in [-0.2, -0.15) is 10.2 Å². The fourth-order valence-electron chi connectivity index (χ4n) is 2.00. The molecule has 0 radical (unpaired) electrons. The van der Waals surface area contributed by atoms with E-state index in [-0.39, 0.29) is 5.91 Å². The van der Waals surface area contributed by atoms with E-state index in [0.29, 0.717) is 17.3 Å². The average molecular weight is 296 g/mol. The van der Waals surface area contributed by atoms with Crippen LogP contribution in [-0.2, 0) is 13.6 Å². The summed E-state index contributed by atoms with van der Waals surface area (Å²) in [6.07, 6.45) is 2.28. The van der Waals surface area contributed by atoms with E-state index in [0.717, 1.165) is 24.4 Å². The van der Waals surface area contributed by atoms with Crippen LogP contribution in [0.15, 0.2) is 12.3 Å². The summed E-state index contributed by atoms with van der Waals surface area (Å²) >= 11 is 5.96. The summed E-state index contributed by atoms with van der Waals surface area (Å²) in [5.41, 5.74) is 2.54. The highest BCUT2D eigenvalue weighted by Gasteiger charge is 2.13. The number of nitrogens with zero attached hydrogens (tertiary/aromatic N) is 4. The highest BCUT2D eigenvalue weighted by atomic mass is 35.5. The number of nitrogens with one attached hydrogen (secondary N) is 1. The van der Waals surface area contributed by atoms with Crippen LogP contribution in [0.1, 0.15) is 28.2 Å². The minimum atomic E-state index is -0.198. The first kappa shape index (κ1) is 14.6. The van der Waals surface area contributed by atoms with Gasteiger partial charge in [0.1, 0.15) is 5.15 Å². The van der Waals surface area contributed by atoms with Crippen molar-refractivity contribution in [2.75, 3.05) is 6.54 Å². The van der Waals surface area contributed by atoms with Gasteiger partial charge in [0.05, 0.1) is 17.5 Å². The lowest BCUT2D eigenvalue weighted by Gasteiger charge is -2.06. The van der Waals surface area contributed by atoms with Gasteiger partial charge in [0.25, 0.3) is 5.91 Å². The van der Waals surface area contributed by atoms with Crippen LogP contribution in [0.25, 0.3) is 0 Å². The first-order valence-corrected chi connectivity index (χ1v) is 6.83. The lowest BCUT2D eigenvalue weighted by atomic mass is 10.3. The third-order valence-corrected chi connectivity index (χ3v) is 3.49. The minimum Gasteiger partial charge on any atom is -0.352 e. The molecule has 2 aromatic heterocycles. The Hall–Kier alpha value is -1.82. The van der Waals surface area contributed by atoms with Crippen molar-refractivity contribution in [2.45, 2.75) is 26.8 Å². The molecule has 0 saturated heterocycles. The van der Waals surface area contributed by atoms with E-state index in [4.69, 9.17) is 11.6 Å². The Morgan fingerprint density at radius 1 is 1.45 bits per heavy atom. The summed E-state index contributed by atoms with van der Waals surface area (Å²) in [7, 11) is 1.70. The fraction of sp³-hybridized carbons (Fsp3) is 0.462. The van der Waals surface area contributed by atoms with Crippen molar-refractivity contribution in [1.29, 1.82) is 0 Å². The summed E-state index contributed by atoms with van der Waals surface area (Å²) in [6.45, 7) is 5.34. The molecule has 0 aliphatic rings. The smallest absolute Gasteiger partial charge is 0.256 e. The SMILES string of the molecule is Cc1cc(C)n(CCCNC(=O)c2cnn(C)c2Cl)n1. The molecule has 0 spiro atoms. The molecule has 1 amide bonds. The number of hydrogen-bond acceptors (Lipinski definition) is 3. The van der Waals surface area contributed by atoms with E-state index in [1.165, 1.54) is 10.9 Å². The molecular weight excluding hydrogens is 278 g/mol. The lowest BCUT2D eigenvalue weighted by Crippen LogP contribution is -2.25. The average Bonchev–Trinajstić information content (AvgIpc) is 2.89. The number of carbonyl (C=O) groups excluding carboxylic acids is 1. The first-order chi connectivity index (χ1) is 9.49. The van der Waals surface area contributed by atoms with E-state index in [2.05, 4.69) is 15.5 Å². The topological polar surface area (TPSA) is 64.7 Å². The molecule has 2 heterocycles. The first-order valence-electron chi connectivity index (χ1n) is 6.46. The predicted octanol–water partition coefficient (Wildman–Crippen LogP) is 1.71. The quantitative estimate of drug-likeness (QED) is 0.854. The Balaban J connectivity index is 1.80. The maximum atomic E-state index is 11.9. The summed E-state index contributed by atoms with van der Waals surface area (Å²) in [5, 5.41) is 11.5. The van der Waals surface area contributed by atoms with Crippen LogP contribution in [0, 0.1) is 13.8 Å². The molecule has 0 saturated carbocycles. The van der Waals surface area contributed by atoms with Crippen molar-refractivity contribution in [3.8, 4) is 0 Å². The van der Waals surface area contributed by atoms with Crippen LogP contribution in [0.2, 0.25) is 5.15 Å². The largest absolute Gasteiger partial charge is 0.352 e. The Bertz CT molecular complexity index is 616. The number of rotatable bonds is 5. The Labute approximate surface area is 122 Å². The standard InChI is InChI=1S/C13H18ClN5O/c1-9-7-10(2)19(17-9)6-4-5-15-13(20)11-8-16-18(3)12(11)14/h7-8H,4-6H2,1-3H3,(H,15,20). The van der Waals surface area contributed by atoms with E-state index >= 15 is 0 Å². The van der Waals surface area contributed by atoms with Crippen LogP contribution in [-0.4, -0.2) is 32.0 Å². The molecule has 0 atom stereocenters. The molecule has 7 heteroatoms. The van der Waals surface area contributed by atoms with Crippen LogP contribution in [0.5, 0.6) is 0 Å². The van der Waals surface area contributed by atoms with Gasteiger partial charge in [0.15, 0.2) is 0 Å². The number of halogens is 1. The number of amides is 1. The van der Waals surface area contributed by atoms with Gasteiger partial charge < -0.3 is 5.32 Å². The van der Waals surface area contributed by atoms with Crippen molar-refractivity contribution in [3.05, 3.63) is 34.4 Å². The monoisotopic (exact) mass is 295 g/mol. The molecule has 0 fully saturated rings. The van der Waals surface area contributed by atoms with E-state index in [9.17, 15) is 4.79 Å². The summed E-state index contributed by atoms with van der Waals surface area (Å²) in [4.78, 5) is 11.9. The maximum absolute atomic E-state index is 11.9. The van der Waals surface area contributed by atoms with Gasteiger partial charge in [-0.25, -0.2) is 0 Å². The predicted molar refractivity (Wildman–Crippen MR) is 76.9 cm³/mol. The molecule has 0 aromatic carbocycles. The molecule has 1 N–H and O–H groups in total. The van der Waals surface area contributed by atoms with Gasteiger partial charge in [0, 0.05) is 25.8 Å². The molecule has 0 unspecified atom stereocenters. The Morgan fingerprint density at radius 3 is 2.75 bits per heavy atom. The lowest BCUT2D eigenvalue weighted by molar-refractivity contribution is 0.0952. The molecule has 6 nitrogen and oxygen atoms in total. The van der Waals surface area contributed by atoms with Crippen LogP contribution < -0.4 is 5.32 Å². The summed E-state index contributed by atoms with van der Waals surface area (Å²) in [6, 6.07) is 2.04. The molecule has 0 aliphatic carbocycles. The number of aryl methyl sites for hydroxylation is 4. The maximum Gasteiger partial charge on any atom is 0.256 e. The normalized spacial score (nSPS) is 10.8. The zero-order valence-electron chi connectivity index (χ0n) is 11.9. The van der Waals surface area contributed by atoms with Crippen molar-refractivity contribution in [1.82, 2.24) is 24.9 Å². The highest BCUT2D eigenvalue weighted by molar-refractivity contribution is 6.32. The molecule has 108 valence electrons. The van der Waals surface area contributed by atoms with Crippen molar-refractivity contribution >= 4 is 17.5 Å². The number of aromatic nitrogens is 4. The van der Waals surface area contributed by atoms with Gasteiger partial charge in [-0.05, 0) is 26.3 Å². The zero-order chi connectivity index (χ0) is 14.7. The molecule has 20 heavy (non-hydrogen) atoms. The van der Waals surface area contributed by atoms with Gasteiger partial charge in [0.2, 0.25) is 0 Å². The van der Waals surface area contributed by atoms with Gasteiger partial charge >= 0.3 is 0 Å². The Morgan fingerprint density at radius 2 is 2.20 bits per heavy atom. The fourth-order valence-corrected chi connectivity index (χ4v) is 2.18. The second-order valence-corrected chi connectivity index (χ2v) is 5.09. The van der Waals surface area contributed by atoms with Crippen LogP contribution in [0.4, 0.5) is 0 Å². The zero-order valence-corrected chi connectivity index (χ0v) is 12.6. The molecular formula is C13H18ClN5O. The number of hydrogen-bond donors (Lipinski definition) is 1. The highest BCUT2D eigenvalue weighted by Crippen LogP contribution is 2.13. The van der Waals surface area contributed by atoms with Crippen molar-refractivity contribution in [2.24, 2.45) is 7.05 Å².